The molecule has 0 aliphatic carbocycles. The summed E-state index contributed by atoms with van der Waals surface area (Å²) in [4.78, 5) is 31.1. The first-order chi connectivity index (χ1) is 12.1. The van der Waals surface area contributed by atoms with Gasteiger partial charge < -0.3 is 15.1 Å². The lowest BCUT2D eigenvalue weighted by Gasteiger charge is -2.36. The van der Waals surface area contributed by atoms with Crippen LogP contribution >= 0.6 is 24.8 Å². The Balaban J connectivity index is 0.00000182. The van der Waals surface area contributed by atoms with Crippen molar-refractivity contribution in [2.45, 2.75) is 39.0 Å². The quantitative estimate of drug-likeness (QED) is 0.731. The van der Waals surface area contributed by atoms with Gasteiger partial charge in [-0.2, -0.15) is 0 Å². The second-order valence-corrected chi connectivity index (χ2v) is 8.01. The highest BCUT2D eigenvalue weighted by Crippen LogP contribution is 2.25. The van der Waals surface area contributed by atoms with E-state index in [1.807, 2.05) is 9.80 Å². The van der Waals surface area contributed by atoms with Gasteiger partial charge in [0.15, 0.2) is 0 Å². The van der Waals surface area contributed by atoms with Crippen LogP contribution in [0.1, 0.15) is 39.0 Å². The number of hydrogen-bond donors (Lipinski definition) is 1. The predicted octanol–water partition coefficient (Wildman–Crippen LogP) is 1.62. The van der Waals surface area contributed by atoms with Crippen molar-refractivity contribution in [1.29, 1.82) is 0 Å². The van der Waals surface area contributed by atoms with Gasteiger partial charge in [-0.3, -0.25) is 14.5 Å². The van der Waals surface area contributed by atoms with E-state index in [1.165, 1.54) is 12.8 Å². The molecule has 3 fully saturated rings. The minimum Gasteiger partial charge on any atom is -0.342 e. The van der Waals surface area contributed by atoms with Crippen molar-refractivity contribution >= 4 is 36.6 Å². The summed E-state index contributed by atoms with van der Waals surface area (Å²) < 4.78 is 0. The third-order valence-electron chi connectivity index (χ3n) is 6.23. The van der Waals surface area contributed by atoms with Gasteiger partial charge >= 0.3 is 0 Å². The van der Waals surface area contributed by atoms with Crippen LogP contribution in [0.4, 0.5) is 0 Å². The lowest BCUT2D eigenvalue weighted by atomic mass is 9.84. The van der Waals surface area contributed by atoms with Gasteiger partial charge in [0, 0.05) is 45.7 Å². The van der Waals surface area contributed by atoms with Crippen LogP contribution in [0.15, 0.2) is 0 Å². The average molecular weight is 423 g/mol. The highest BCUT2D eigenvalue weighted by atomic mass is 35.5. The molecule has 0 bridgehead atoms. The normalized spacial score (nSPS) is 22.7. The Morgan fingerprint density at radius 3 is 2.04 bits per heavy atom. The SMILES string of the molecule is CC(CC(=O)N1CCN(CC(=O)N2CCCC2)CC1)C1CCNCC1.Cl.Cl. The fourth-order valence-corrected chi connectivity index (χ4v) is 4.40. The molecule has 3 aliphatic rings. The zero-order valence-electron chi connectivity index (χ0n) is 16.5. The van der Waals surface area contributed by atoms with Crippen molar-refractivity contribution in [3.63, 3.8) is 0 Å². The van der Waals surface area contributed by atoms with Crippen LogP contribution in [0.5, 0.6) is 0 Å². The minimum absolute atomic E-state index is 0. The van der Waals surface area contributed by atoms with Gasteiger partial charge in [-0.25, -0.2) is 0 Å². The van der Waals surface area contributed by atoms with Crippen LogP contribution in [0.25, 0.3) is 0 Å². The van der Waals surface area contributed by atoms with Gasteiger partial charge in [-0.05, 0) is 50.6 Å². The Morgan fingerprint density at radius 1 is 0.889 bits per heavy atom. The molecule has 0 radical (unpaired) electrons. The molecular formula is C19H36Cl2N4O2. The van der Waals surface area contributed by atoms with Crippen LogP contribution in [-0.4, -0.2) is 85.4 Å². The lowest BCUT2D eigenvalue weighted by molar-refractivity contribution is -0.135. The third-order valence-corrected chi connectivity index (χ3v) is 6.23. The van der Waals surface area contributed by atoms with Crippen molar-refractivity contribution in [1.82, 2.24) is 20.0 Å². The molecule has 1 atom stereocenters. The van der Waals surface area contributed by atoms with Crippen molar-refractivity contribution in [2.24, 2.45) is 11.8 Å². The number of nitrogens with one attached hydrogen (secondary N) is 1. The van der Waals surface area contributed by atoms with Crippen molar-refractivity contribution < 1.29 is 9.59 Å². The average Bonchev–Trinajstić information content (AvgIpc) is 3.18. The molecule has 0 saturated carbocycles. The first-order valence-corrected chi connectivity index (χ1v) is 10.1. The Kier molecular flexibility index (Phi) is 11.0. The number of nitrogens with zero attached hydrogens (tertiary/aromatic N) is 3. The van der Waals surface area contributed by atoms with Crippen molar-refractivity contribution in [3.8, 4) is 0 Å². The van der Waals surface area contributed by atoms with E-state index < -0.39 is 0 Å². The largest absolute Gasteiger partial charge is 0.342 e. The van der Waals surface area contributed by atoms with E-state index in [0.717, 1.165) is 65.2 Å². The number of halogens is 2. The number of carbonyl (C=O) groups excluding carboxylic acids is 2. The topological polar surface area (TPSA) is 55.9 Å². The monoisotopic (exact) mass is 422 g/mol. The standard InChI is InChI=1S/C19H34N4O2.2ClH/c1-16(17-4-6-20-7-5-17)14-18(24)23-12-10-21(11-13-23)15-19(25)22-8-2-3-9-22;;/h16-17,20H,2-15H2,1H3;2*1H. The molecule has 8 heteroatoms. The molecule has 3 saturated heterocycles. The number of amides is 2. The Labute approximate surface area is 176 Å². The van der Waals surface area contributed by atoms with Crippen LogP contribution in [-0.2, 0) is 9.59 Å². The summed E-state index contributed by atoms with van der Waals surface area (Å²) in [5.74, 6) is 1.72. The molecule has 6 nitrogen and oxygen atoms in total. The molecule has 1 unspecified atom stereocenters. The van der Waals surface area contributed by atoms with Gasteiger partial charge in [0.05, 0.1) is 6.54 Å². The van der Waals surface area contributed by atoms with E-state index in [9.17, 15) is 9.59 Å². The fraction of sp³-hybridized carbons (Fsp3) is 0.895. The number of piperidine rings is 1. The van der Waals surface area contributed by atoms with Crippen molar-refractivity contribution in [3.05, 3.63) is 0 Å². The van der Waals surface area contributed by atoms with Gasteiger partial charge in [-0.15, -0.1) is 24.8 Å². The molecule has 3 aliphatic heterocycles. The second-order valence-electron chi connectivity index (χ2n) is 8.01. The lowest BCUT2D eigenvalue weighted by Crippen LogP contribution is -2.51. The molecule has 3 heterocycles. The first-order valence-electron chi connectivity index (χ1n) is 10.1. The van der Waals surface area contributed by atoms with Crippen molar-refractivity contribution in [2.75, 3.05) is 58.9 Å². The zero-order chi connectivity index (χ0) is 17.6. The van der Waals surface area contributed by atoms with Crippen LogP contribution in [0.3, 0.4) is 0 Å². The zero-order valence-corrected chi connectivity index (χ0v) is 18.2. The molecule has 0 aromatic heterocycles. The van der Waals surface area contributed by atoms with E-state index in [1.54, 1.807) is 0 Å². The Morgan fingerprint density at radius 2 is 1.44 bits per heavy atom. The summed E-state index contributed by atoms with van der Waals surface area (Å²) in [6.45, 7) is 9.97. The maximum absolute atomic E-state index is 12.6. The van der Waals surface area contributed by atoms with Gasteiger partial charge in [0.1, 0.15) is 0 Å². The number of carbonyl (C=O) groups is 2. The number of hydrogen-bond acceptors (Lipinski definition) is 4. The summed E-state index contributed by atoms with van der Waals surface area (Å²) in [5, 5.41) is 3.39. The van der Waals surface area contributed by atoms with Crippen LogP contribution in [0.2, 0.25) is 0 Å². The molecule has 27 heavy (non-hydrogen) atoms. The van der Waals surface area contributed by atoms with Gasteiger partial charge in [0.2, 0.25) is 11.8 Å². The van der Waals surface area contributed by atoms with Crippen LogP contribution < -0.4 is 5.32 Å². The summed E-state index contributed by atoms with van der Waals surface area (Å²) in [6, 6.07) is 0. The van der Waals surface area contributed by atoms with Gasteiger partial charge in [-0.1, -0.05) is 6.92 Å². The molecule has 1 N–H and O–H groups in total. The molecular weight excluding hydrogens is 387 g/mol. The van der Waals surface area contributed by atoms with Crippen LogP contribution in [0, 0.1) is 11.8 Å². The minimum atomic E-state index is 0. The summed E-state index contributed by atoms with van der Waals surface area (Å²) in [7, 11) is 0. The Bertz CT molecular complexity index is 461. The summed E-state index contributed by atoms with van der Waals surface area (Å²) in [6.07, 6.45) is 5.35. The smallest absolute Gasteiger partial charge is 0.236 e. The van der Waals surface area contributed by atoms with Gasteiger partial charge in [0.25, 0.3) is 0 Å². The predicted molar refractivity (Wildman–Crippen MR) is 113 cm³/mol. The number of likely N-dealkylation sites (tertiary alicyclic amines) is 1. The number of rotatable bonds is 5. The molecule has 0 aromatic carbocycles. The molecule has 0 aromatic rings. The maximum Gasteiger partial charge on any atom is 0.236 e. The Hall–Kier alpha value is -0.560. The second kappa shape index (κ2) is 12.1. The fourth-order valence-electron chi connectivity index (χ4n) is 4.40. The van der Waals surface area contributed by atoms with E-state index >= 15 is 0 Å². The molecule has 3 rings (SSSR count). The van der Waals surface area contributed by atoms with E-state index in [-0.39, 0.29) is 30.7 Å². The number of piperazine rings is 1. The van der Waals surface area contributed by atoms with E-state index in [4.69, 9.17) is 0 Å². The molecule has 2 amide bonds. The van der Waals surface area contributed by atoms with E-state index in [0.29, 0.717) is 30.7 Å². The third kappa shape index (κ3) is 7.08. The van der Waals surface area contributed by atoms with E-state index in [2.05, 4.69) is 17.1 Å². The maximum atomic E-state index is 12.6. The molecule has 158 valence electrons. The highest BCUT2D eigenvalue weighted by Gasteiger charge is 2.28. The highest BCUT2D eigenvalue weighted by molar-refractivity contribution is 5.85. The molecule has 0 spiro atoms. The summed E-state index contributed by atoms with van der Waals surface area (Å²) in [5.41, 5.74) is 0. The summed E-state index contributed by atoms with van der Waals surface area (Å²) >= 11 is 0. The first kappa shape index (κ1) is 24.5.